The van der Waals surface area contributed by atoms with E-state index < -0.39 is 17.2 Å². The van der Waals surface area contributed by atoms with E-state index in [2.05, 4.69) is 49.1 Å². The molecule has 0 saturated heterocycles. The number of benzene rings is 2. The van der Waals surface area contributed by atoms with Crippen molar-refractivity contribution >= 4 is 47.4 Å². The summed E-state index contributed by atoms with van der Waals surface area (Å²) in [6.45, 7) is 0. The lowest BCUT2D eigenvalue weighted by Gasteiger charge is -2.34. The van der Waals surface area contributed by atoms with Crippen molar-refractivity contribution < 1.29 is 8.78 Å². The third-order valence-corrected chi connectivity index (χ3v) is 6.39. The van der Waals surface area contributed by atoms with Crippen LogP contribution < -0.4 is 27.0 Å². The molecule has 1 aliphatic heterocycles. The van der Waals surface area contributed by atoms with Gasteiger partial charge in [-0.05, 0) is 29.8 Å². The van der Waals surface area contributed by atoms with Crippen molar-refractivity contribution in [2.24, 2.45) is 0 Å². The van der Waals surface area contributed by atoms with E-state index in [4.69, 9.17) is 11.6 Å². The lowest BCUT2D eigenvalue weighted by Crippen LogP contribution is -2.44. The minimum absolute atomic E-state index is 0.137. The van der Waals surface area contributed by atoms with Crippen LogP contribution in [0, 0.1) is 34.4 Å². The summed E-state index contributed by atoms with van der Waals surface area (Å²) in [4.78, 5) is 7.73. The molecule has 0 amide bonds. The number of hydrogen-bond donors (Lipinski definition) is 5. The Balaban J connectivity index is 1.64. The Bertz CT molecular complexity index is 1700. The molecule has 4 aromatic rings. The Morgan fingerprint density at radius 3 is 2.58 bits per heavy atom. The first kappa shape index (κ1) is 24.8. The van der Waals surface area contributed by atoms with Gasteiger partial charge in [-0.1, -0.05) is 23.7 Å². The number of hydrazine groups is 2. The number of anilines is 3. The zero-order chi connectivity index (χ0) is 26.9. The van der Waals surface area contributed by atoms with Gasteiger partial charge in [-0.3, -0.25) is 4.98 Å². The number of fused-ring (bicyclic) bond motifs is 1. The molecular weight excluding hydrogens is 511 g/mol. The number of halogens is 3. The highest BCUT2D eigenvalue weighted by atomic mass is 35.5. The van der Waals surface area contributed by atoms with Crippen LogP contribution in [0.1, 0.15) is 16.7 Å². The number of hydrogen-bond acceptors (Lipinski definition) is 9. The van der Waals surface area contributed by atoms with Crippen LogP contribution in [0.3, 0.4) is 0 Å². The predicted molar refractivity (Wildman–Crippen MR) is 141 cm³/mol. The Morgan fingerprint density at radius 2 is 1.87 bits per heavy atom. The summed E-state index contributed by atoms with van der Waals surface area (Å²) in [7, 11) is 1.92. The van der Waals surface area contributed by atoms with Gasteiger partial charge in [-0.25, -0.2) is 9.37 Å². The fourth-order valence-corrected chi connectivity index (χ4v) is 4.45. The van der Waals surface area contributed by atoms with Crippen molar-refractivity contribution in [1.29, 1.82) is 10.5 Å². The van der Waals surface area contributed by atoms with Crippen LogP contribution in [0.4, 0.5) is 25.8 Å². The Morgan fingerprint density at radius 1 is 1.03 bits per heavy atom. The van der Waals surface area contributed by atoms with Crippen molar-refractivity contribution in [2.45, 2.75) is 5.44 Å². The maximum Gasteiger partial charge on any atom is 0.249 e. The van der Waals surface area contributed by atoms with Crippen molar-refractivity contribution in [3.63, 3.8) is 0 Å². The standard InChI is InChI=1S/C25H17BClF2N9/c26-25(21-12-34-38-37-21,15-3-1-2-13(4-15)8-30)36-16-5-18-22(35-17-7-20(28)24(29)33-11-17)14(9-31)10-32-23(18)19(27)6-16/h1-7,10-12,34,36-38H,26H2,(H,32,35). The largest absolute Gasteiger partial charge is 0.378 e. The third-order valence-electron chi connectivity index (χ3n) is 6.10. The Hall–Kier alpha value is -4.91. The number of nitrogens with zero attached hydrogens (tertiary/aromatic N) is 4. The summed E-state index contributed by atoms with van der Waals surface area (Å²) in [6.07, 6.45) is 4.21. The second-order valence-electron chi connectivity index (χ2n) is 8.53. The first-order chi connectivity index (χ1) is 18.3. The lowest BCUT2D eigenvalue weighted by atomic mass is 9.69. The molecule has 9 nitrogen and oxygen atoms in total. The van der Waals surface area contributed by atoms with Crippen molar-refractivity contribution in [3.05, 3.63) is 100 Å². The first-order valence-corrected chi connectivity index (χ1v) is 11.6. The highest BCUT2D eigenvalue weighted by Gasteiger charge is 2.33. The number of nitrogens with one attached hydrogen (secondary N) is 5. The molecule has 0 fully saturated rings. The van der Waals surface area contributed by atoms with E-state index in [0.29, 0.717) is 32.9 Å². The van der Waals surface area contributed by atoms with Crippen LogP contribution in [0.15, 0.2) is 66.8 Å². The second-order valence-corrected chi connectivity index (χ2v) is 8.94. The fourth-order valence-electron chi connectivity index (χ4n) is 4.19. The second kappa shape index (κ2) is 9.86. The molecule has 0 saturated carbocycles. The van der Waals surface area contributed by atoms with Crippen molar-refractivity contribution in [1.82, 2.24) is 26.4 Å². The van der Waals surface area contributed by atoms with Crippen LogP contribution >= 0.6 is 11.6 Å². The quantitative estimate of drug-likeness (QED) is 0.189. The first-order valence-electron chi connectivity index (χ1n) is 11.2. The molecule has 2 aromatic heterocycles. The molecule has 13 heteroatoms. The van der Waals surface area contributed by atoms with Crippen LogP contribution in [-0.2, 0) is 5.44 Å². The van der Waals surface area contributed by atoms with Gasteiger partial charge in [0.2, 0.25) is 5.95 Å². The Labute approximate surface area is 221 Å². The predicted octanol–water partition coefficient (Wildman–Crippen LogP) is 3.40. The topological polar surface area (TPSA) is 134 Å². The molecule has 3 heterocycles. The van der Waals surface area contributed by atoms with Crippen molar-refractivity contribution in [2.75, 3.05) is 10.6 Å². The fraction of sp³-hybridized carbons (Fsp3) is 0.0400. The third kappa shape index (κ3) is 4.50. The smallest absolute Gasteiger partial charge is 0.249 e. The average Bonchev–Trinajstić information content (AvgIpc) is 3.47. The van der Waals surface area contributed by atoms with E-state index in [1.165, 1.54) is 6.20 Å². The van der Waals surface area contributed by atoms with E-state index in [0.717, 1.165) is 23.5 Å². The van der Waals surface area contributed by atoms with Gasteiger partial charge in [0.25, 0.3) is 0 Å². The van der Waals surface area contributed by atoms with E-state index >= 15 is 0 Å². The van der Waals surface area contributed by atoms with Gasteiger partial charge in [0.15, 0.2) is 5.82 Å². The molecule has 0 aliphatic carbocycles. The van der Waals surface area contributed by atoms with E-state index in [1.54, 1.807) is 36.5 Å². The van der Waals surface area contributed by atoms with E-state index in [-0.39, 0.29) is 11.3 Å². The van der Waals surface area contributed by atoms with Crippen LogP contribution in [0.2, 0.25) is 5.02 Å². The average molecular weight is 528 g/mol. The zero-order valence-corrected chi connectivity index (χ0v) is 20.5. The van der Waals surface area contributed by atoms with Gasteiger partial charge < -0.3 is 21.5 Å². The Kier molecular flexibility index (Phi) is 6.43. The molecule has 38 heavy (non-hydrogen) atoms. The van der Waals surface area contributed by atoms with Crippen molar-refractivity contribution in [3.8, 4) is 12.1 Å². The van der Waals surface area contributed by atoms with Gasteiger partial charge >= 0.3 is 0 Å². The maximum atomic E-state index is 13.8. The molecule has 5 rings (SSSR count). The van der Waals surface area contributed by atoms with Crippen LogP contribution in [0.5, 0.6) is 0 Å². The molecule has 186 valence electrons. The molecule has 1 atom stereocenters. The highest BCUT2D eigenvalue weighted by Crippen LogP contribution is 2.37. The minimum Gasteiger partial charge on any atom is -0.378 e. The molecule has 2 aromatic carbocycles. The molecule has 0 spiro atoms. The SMILES string of the molecule is BC(Nc1cc(Cl)c2ncc(C#N)c(Nc3cnc(F)c(F)c3)c2c1)(C1=CNNN1)c1cccc(C#N)c1. The monoisotopic (exact) mass is 527 g/mol. The summed E-state index contributed by atoms with van der Waals surface area (Å²) >= 11 is 6.63. The van der Waals surface area contributed by atoms with Gasteiger partial charge in [0.1, 0.15) is 13.9 Å². The molecule has 1 unspecified atom stereocenters. The maximum absolute atomic E-state index is 13.8. The van der Waals surface area contributed by atoms with Crippen LogP contribution in [-0.4, -0.2) is 17.8 Å². The molecule has 5 N–H and O–H groups in total. The molecule has 0 bridgehead atoms. The van der Waals surface area contributed by atoms with Gasteiger partial charge in [-0.2, -0.15) is 20.4 Å². The van der Waals surface area contributed by atoms with Gasteiger partial charge in [0, 0.05) is 29.5 Å². The van der Waals surface area contributed by atoms with Gasteiger partial charge in [0.05, 0.1) is 56.4 Å². The number of rotatable bonds is 6. The lowest BCUT2D eigenvalue weighted by molar-refractivity contribution is 0.480. The highest BCUT2D eigenvalue weighted by molar-refractivity contribution is 6.36. The summed E-state index contributed by atoms with van der Waals surface area (Å²) in [6, 6.07) is 15.8. The summed E-state index contributed by atoms with van der Waals surface area (Å²) in [5, 5.41) is 26.4. The minimum atomic E-state index is -1.23. The summed E-state index contributed by atoms with van der Waals surface area (Å²) < 4.78 is 27.2. The van der Waals surface area contributed by atoms with Gasteiger partial charge in [-0.15, -0.1) is 0 Å². The molecule has 1 aliphatic rings. The number of nitriles is 2. The zero-order valence-electron chi connectivity index (χ0n) is 19.7. The molecular formula is C25H17BClF2N9. The van der Waals surface area contributed by atoms with E-state index in [9.17, 15) is 19.3 Å². The van der Waals surface area contributed by atoms with Crippen LogP contribution in [0.25, 0.3) is 10.9 Å². The summed E-state index contributed by atoms with van der Waals surface area (Å²) in [5.41, 5.74) is 11.4. The molecule has 0 radical (unpaired) electrons. The van der Waals surface area contributed by atoms with E-state index in [1.807, 2.05) is 13.9 Å². The normalized spacial score (nSPS) is 13.9. The number of aromatic nitrogens is 2. The summed E-state index contributed by atoms with van der Waals surface area (Å²) in [5.74, 6) is -2.37. The number of pyridine rings is 2.